The number of aliphatic carboxylic acids is 1. The number of benzene rings is 3. The van der Waals surface area contributed by atoms with Crippen LogP contribution in [0.2, 0.25) is 0 Å². The molecule has 1 saturated heterocycles. The van der Waals surface area contributed by atoms with E-state index in [9.17, 15) is 41.0 Å². The predicted octanol–water partition coefficient (Wildman–Crippen LogP) is 2.41. The lowest BCUT2D eigenvalue weighted by molar-refractivity contribution is -0.139. The number of sulfonamides is 2. The summed E-state index contributed by atoms with van der Waals surface area (Å²) in [5.41, 5.74) is 0.829. The van der Waals surface area contributed by atoms with Gasteiger partial charge in [0.25, 0.3) is 0 Å². The molecule has 0 unspecified atom stereocenters. The summed E-state index contributed by atoms with van der Waals surface area (Å²) < 4.78 is 72.4. The van der Waals surface area contributed by atoms with Crippen LogP contribution in [0.1, 0.15) is 30.1 Å². The van der Waals surface area contributed by atoms with Crippen molar-refractivity contribution < 1.29 is 50.9 Å². The number of hydrogen-bond acceptors (Lipinski definition) is 10. The highest BCUT2D eigenvalue weighted by Gasteiger charge is 2.29. The zero-order valence-corrected chi connectivity index (χ0v) is 28.1. The number of halogens is 1. The molecule has 7 N–H and O–H groups in total. The molecule has 3 aromatic carbocycles. The molecule has 1 aliphatic heterocycles. The highest BCUT2D eigenvalue weighted by atomic mass is 32.2. The molecule has 15 nitrogen and oxygen atoms in total. The molecule has 0 spiro atoms. The van der Waals surface area contributed by atoms with Gasteiger partial charge >= 0.3 is 12.0 Å². The Morgan fingerprint density at radius 2 is 1.71 bits per heavy atom. The van der Waals surface area contributed by atoms with Crippen molar-refractivity contribution in [3.63, 3.8) is 0 Å². The van der Waals surface area contributed by atoms with E-state index < -0.39 is 50.6 Å². The van der Waals surface area contributed by atoms with Crippen LogP contribution in [0.4, 0.5) is 20.6 Å². The standard InChI is InChI=1S/C31H38FN5O10S2/c1-48(43,44)36-27-14-21(3-9-28(27)38)29(39)18-33-16-20-10-12-37(13-11-20)49(45,46)25-7-4-23(5-8-25)35-31(42)34-17-22-2-6-24(15-26(22)32)47-19-30(40)41/h2-9,14-15,20,29,33,36,38-39H,10-13,16-19H2,1H3,(H,40,41)(H2,34,35,42)/t29-/m0/s1. The average molecular weight is 724 g/mol. The molecule has 18 heteroatoms. The van der Waals surface area contributed by atoms with Crippen LogP contribution in [0.3, 0.4) is 0 Å². The number of amides is 2. The number of aliphatic hydroxyl groups excluding tert-OH is 1. The number of nitrogens with one attached hydrogen (secondary N) is 4. The van der Waals surface area contributed by atoms with Crippen LogP contribution >= 0.6 is 0 Å². The molecule has 1 aliphatic rings. The second-order valence-corrected chi connectivity index (χ2v) is 15.1. The number of phenols is 1. The van der Waals surface area contributed by atoms with Gasteiger partial charge in [-0.25, -0.2) is 30.8 Å². The molecule has 49 heavy (non-hydrogen) atoms. The van der Waals surface area contributed by atoms with Crippen molar-refractivity contribution in [3.05, 3.63) is 77.6 Å². The van der Waals surface area contributed by atoms with Crippen LogP contribution in [0.5, 0.6) is 11.5 Å². The first-order chi connectivity index (χ1) is 23.1. The molecule has 0 aliphatic carbocycles. The van der Waals surface area contributed by atoms with Crippen molar-refractivity contribution >= 4 is 43.4 Å². The Morgan fingerprint density at radius 3 is 2.35 bits per heavy atom. The SMILES string of the molecule is CS(=O)(=O)Nc1cc([C@@H](O)CNCC2CCN(S(=O)(=O)c3ccc(NC(=O)NCc4ccc(OCC(=O)O)cc4F)cc3)CC2)ccc1O. The quantitative estimate of drug-likeness (QED) is 0.113. The van der Waals surface area contributed by atoms with E-state index in [-0.39, 0.29) is 46.7 Å². The highest BCUT2D eigenvalue weighted by Crippen LogP contribution is 2.28. The zero-order valence-electron chi connectivity index (χ0n) is 26.4. The van der Waals surface area contributed by atoms with Gasteiger partial charge < -0.3 is 36.0 Å². The van der Waals surface area contributed by atoms with E-state index in [1.54, 1.807) is 0 Å². The normalized spacial score (nSPS) is 14.9. The fourth-order valence-electron chi connectivity index (χ4n) is 5.05. The number of phenolic OH excluding ortho intramolecular Hbond substituents is 1. The molecule has 1 fully saturated rings. The molecule has 0 aromatic heterocycles. The minimum Gasteiger partial charge on any atom is -0.506 e. The summed E-state index contributed by atoms with van der Waals surface area (Å²) >= 11 is 0. The Balaban J connectivity index is 1.20. The Bertz CT molecular complexity index is 1850. The van der Waals surface area contributed by atoms with Crippen LogP contribution in [0.15, 0.2) is 65.6 Å². The molecular formula is C31H38FN5O10S2. The summed E-state index contributed by atoms with van der Waals surface area (Å²) in [5.74, 6) is -1.97. The first kappa shape index (κ1) is 37.3. The minimum absolute atomic E-state index is 0.0348. The molecule has 0 bridgehead atoms. The van der Waals surface area contributed by atoms with E-state index in [1.807, 2.05) is 0 Å². The van der Waals surface area contributed by atoms with Gasteiger partial charge in [-0.05, 0) is 73.3 Å². The van der Waals surface area contributed by atoms with Crippen LogP contribution < -0.4 is 25.4 Å². The molecule has 0 radical (unpaired) electrons. The van der Waals surface area contributed by atoms with Crippen molar-refractivity contribution in [1.29, 1.82) is 0 Å². The van der Waals surface area contributed by atoms with Crippen molar-refractivity contribution in [3.8, 4) is 11.5 Å². The molecular weight excluding hydrogens is 685 g/mol. The van der Waals surface area contributed by atoms with E-state index >= 15 is 0 Å². The van der Waals surface area contributed by atoms with Crippen LogP contribution in [0.25, 0.3) is 0 Å². The maximum Gasteiger partial charge on any atom is 0.341 e. The third-order valence-corrected chi connectivity index (χ3v) is 10.1. The molecule has 1 atom stereocenters. The van der Waals surface area contributed by atoms with Crippen molar-refractivity contribution in [2.75, 3.05) is 49.1 Å². The number of urea groups is 1. The van der Waals surface area contributed by atoms with Crippen molar-refractivity contribution in [2.24, 2.45) is 5.92 Å². The van der Waals surface area contributed by atoms with Gasteiger partial charge in [0.1, 0.15) is 17.3 Å². The Morgan fingerprint density at radius 1 is 1.02 bits per heavy atom. The van der Waals surface area contributed by atoms with Crippen LogP contribution in [-0.4, -0.2) is 87.5 Å². The van der Waals surface area contributed by atoms with Crippen molar-refractivity contribution in [2.45, 2.75) is 30.4 Å². The summed E-state index contributed by atoms with van der Waals surface area (Å²) in [5, 5.41) is 37.3. The van der Waals surface area contributed by atoms with Gasteiger partial charge in [0, 0.05) is 43.5 Å². The number of anilines is 2. The van der Waals surface area contributed by atoms with Gasteiger partial charge in [-0.2, -0.15) is 4.31 Å². The lowest BCUT2D eigenvalue weighted by Crippen LogP contribution is -2.41. The van der Waals surface area contributed by atoms with E-state index in [2.05, 4.69) is 20.7 Å². The number of carboxylic acids is 1. The number of carbonyl (C=O) groups excluding carboxylic acids is 1. The van der Waals surface area contributed by atoms with Crippen LogP contribution in [0, 0.1) is 11.7 Å². The second kappa shape index (κ2) is 16.3. The van der Waals surface area contributed by atoms with Gasteiger partial charge in [-0.3, -0.25) is 4.72 Å². The molecule has 3 aromatic rings. The maximum absolute atomic E-state index is 14.3. The molecule has 266 valence electrons. The lowest BCUT2D eigenvalue weighted by Gasteiger charge is -2.31. The number of hydrogen-bond donors (Lipinski definition) is 7. The van der Waals surface area contributed by atoms with E-state index in [0.29, 0.717) is 43.7 Å². The molecule has 0 saturated carbocycles. The minimum atomic E-state index is -3.79. The fraction of sp³-hybridized carbons (Fsp3) is 0.355. The van der Waals surface area contributed by atoms with E-state index in [4.69, 9.17) is 9.84 Å². The number of nitrogens with zero attached hydrogens (tertiary/aromatic N) is 1. The molecule has 1 heterocycles. The summed E-state index contributed by atoms with van der Waals surface area (Å²) in [7, 11) is -7.42. The van der Waals surface area contributed by atoms with Gasteiger partial charge in [0.05, 0.1) is 22.9 Å². The third-order valence-electron chi connectivity index (χ3n) is 7.62. The first-order valence-corrected chi connectivity index (χ1v) is 18.4. The summed E-state index contributed by atoms with van der Waals surface area (Å²) in [4.78, 5) is 23.0. The smallest absolute Gasteiger partial charge is 0.341 e. The number of carboxylic acid groups (broad SMARTS) is 1. The Labute approximate surface area is 283 Å². The summed E-state index contributed by atoms with van der Waals surface area (Å²) in [6.45, 7) is 0.490. The Hall–Kier alpha value is -4.49. The van der Waals surface area contributed by atoms with Gasteiger partial charge in [-0.1, -0.05) is 12.1 Å². The van der Waals surface area contributed by atoms with E-state index in [0.717, 1.165) is 12.3 Å². The topological polar surface area (TPSA) is 224 Å². The fourth-order valence-corrected chi connectivity index (χ4v) is 7.09. The largest absolute Gasteiger partial charge is 0.506 e. The number of ether oxygens (including phenoxy) is 1. The van der Waals surface area contributed by atoms with E-state index in [1.165, 1.54) is 58.9 Å². The number of carbonyl (C=O) groups is 2. The summed E-state index contributed by atoms with van der Waals surface area (Å²) in [6, 6.07) is 12.9. The molecule has 4 rings (SSSR count). The zero-order chi connectivity index (χ0) is 35.8. The number of piperidine rings is 1. The maximum atomic E-state index is 14.3. The number of aliphatic hydroxyl groups is 1. The van der Waals surface area contributed by atoms with Gasteiger partial charge in [0.15, 0.2) is 6.61 Å². The predicted molar refractivity (Wildman–Crippen MR) is 178 cm³/mol. The number of aromatic hydroxyl groups is 1. The lowest BCUT2D eigenvalue weighted by atomic mass is 9.98. The average Bonchev–Trinajstić information content (AvgIpc) is 3.04. The summed E-state index contributed by atoms with van der Waals surface area (Å²) in [6.07, 6.45) is 1.15. The Kier molecular flexibility index (Phi) is 12.4. The van der Waals surface area contributed by atoms with Crippen LogP contribution in [-0.2, 0) is 31.4 Å². The second-order valence-electron chi connectivity index (χ2n) is 11.4. The monoisotopic (exact) mass is 723 g/mol. The molecule has 2 amide bonds. The first-order valence-electron chi connectivity index (χ1n) is 15.1. The highest BCUT2D eigenvalue weighted by molar-refractivity contribution is 7.92. The van der Waals surface area contributed by atoms with Gasteiger partial charge in [-0.15, -0.1) is 0 Å². The number of rotatable bonds is 15. The van der Waals surface area contributed by atoms with Crippen molar-refractivity contribution in [1.82, 2.24) is 14.9 Å². The van der Waals surface area contributed by atoms with Gasteiger partial charge in [0.2, 0.25) is 20.0 Å². The third kappa shape index (κ3) is 11.0.